The third-order valence-electron chi connectivity index (χ3n) is 7.10. The molecule has 1 saturated carbocycles. The maximum atomic E-state index is 5.91. The van der Waals surface area contributed by atoms with Crippen molar-refractivity contribution in [1.82, 2.24) is 24.8 Å². The molecule has 0 unspecified atom stereocenters. The first-order valence-corrected chi connectivity index (χ1v) is 11.7. The molecule has 0 radical (unpaired) electrons. The third-order valence-corrected chi connectivity index (χ3v) is 7.10. The Morgan fingerprint density at radius 1 is 1.09 bits per heavy atom. The van der Waals surface area contributed by atoms with Gasteiger partial charge < -0.3 is 15.0 Å². The molecule has 1 aromatic carbocycles. The predicted molar refractivity (Wildman–Crippen MR) is 130 cm³/mol. The molecular weight excluding hydrogens is 414 g/mol. The molecule has 170 valence electrons. The van der Waals surface area contributed by atoms with Gasteiger partial charge in [-0.2, -0.15) is 9.61 Å². The maximum absolute atomic E-state index is 5.91. The number of pyridine rings is 1. The maximum Gasteiger partial charge on any atom is 0.222 e. The molecule has 2 aliphatic rings. The van der Waals surface area contributed by atoms with Crippen molar-refractivity contribution in [2.45, 2.75) is 45.6 Å². The highest BCUT2D eigenvalue weighted by Gasteiger charge is 2.27. The van der Waals surface area contributed by atoms with Crippen LogP contribution in [0.3, 0.4) is 0 Å². The lowest BCUT2D eigenvalue weighted by Gasteiger charge is -2.35. The van der Waals surface area contributed by atoms with E-state index in [9.17, 15) is 0 Å². The van der Waals surface area contributed by atoms with E-state index in [0.29, 0.717) is 29.5 Å². The van der Waals surface area contributed by atoms with Crippen LogP contribution >= 0.6 is 0 Å². The molecule has 0 spiro atoms. The molecule has 8 heteroatoms. The van der Waals surface area contributed by atoms with E-state index in [1.54, 1.807) is 4.52 Å². The van der Waals surface area contributed by atoms with Gasteiger partial charge in [0.15, 0.2) is 5.75 Å². The highest BCUT2D eigenvalue weighted by atomic mass is 16.5. The van der Waals surface area contributed by atoms with Crippen LogP contribution in [0, 0.1) is 5.41 Å². The monoisotopic (exact) mass is 443 g/mol. The summed E-state index contributed by atoms with van der Waals surface area (Å²) in [5.74, 6) is 1.33. The van der Waals surface area contributed by atoms with Crippen LogP contribution < -0.4 is 15.0 Å². The molecule has 1 aliphatic heterocycles. The summed E-state index contributed by atoms with van der Waals surface area (Å²) in [4.78, 5) is 7.14. The average molecular weight is 444 g/mol. The second-order valence-corrected chi connectivity index (χ2v) is 10.0. The van der Waals surface area contributed by atoms with Crippen LogP contribution in [0.5, 0.6) is 5.75 Å². The minimum atomic E-state index is 0.446. The van der Waals surface area contributed by atoms with E-state index in [1.165, 1.54) is 25.7 Å². The molecular formula is C25H29N7O. The lowest BCUT2D eigenvalue weighted by atomic mass is 9.75. The van der Waals surface area contributed by atoms with Gasteiger partial charge in [-0.25, -0.2) is 4.98 Å². The number of rotatable bonds is 3. The number of fused-ring (bicyclic) bond motifs is 4. The number of hydrogen-bond donors (Lipinski definition) is 1. The Balaban J connectivity index is 1.38. The van der Waals surface area contributed by atoms with Crippen molar-refractivity contribution in [2.24, 2.45) is 5.41 Å². The van der Waals surface area contributed by atoms with Gasteiger partial charge in [0.2, 0.25) is 11.5 Å². The molecule has 4 heterocycles. The molecule has 0 amide bonds. The number of aromatic nitrogens is 5. The predicted octanol–water partition coefficient (Wildman–Crippen LogP) is 4.55. The molecule has 4 aromatic rings. The number of benzene rings is 1. The van der Waals surface area contributed by atoms with Gasteiger partial charge in [0.1, 0.15) is 18.0 Å². The molecule has 1 N–H and O–H groups in total. The van der Waals surface area contributed by atoms with E-state index in [4.69, 9.17) is 9.72 Å². The molecule has 0 bridgehead atoms. The largest absolute Gasteiger partial charge is 0.486 e. The number of anilines is 2. The third kappa shape index (κ3) is 3.53. The fourth-order valence-corrected chi connectivity index (χ4v) is 4.94. The lowest BCUT2D eigenvalue weighted by Crippen LogP contribution is -2.29. The fraction of sp³-hybridized carbons (Fsp3) is 0.440. The van der Waals surface area contributed by atoms with Gasteiger partial charge in [0.25, 0.3) is 0 Å². The highest BCUT2D eigenvalue weighted by molar-refractivity contribution is 5.92. The second-order valence-electron chi connectivity index (χ2n) is 10.0. The van der Waals surface area contributed by atoms with Gasteiger partial charge in [0, 0.05) is 18.5 Å². The molecule has 33 heavy (non-hydrogen) atoms. The van der Waals surface area contributed by atoms with Crippen molar-refractivity contribution < 1.29 is 4.74 Å². The van der Waals surface area contributed by atoms with Crippen LogP contribution in [0.2, 0.25) is 0 Å². The summed E-state index contributed by atoms with van der Waals surface area (Å²) in [6.45, 7) is 6.18. The molecule has 0 saturated heterocycles. The standard InChI is InChI=1S/C25H29N7O/c1-25(2)11-9-17(10-12-25)27-18-6-4-5-16-7-8-19(28-21(16)18)23-29-30-24-22-20(15-26-32(23)24)31(3)13-14-33-22/h4-8,15,17,27H,9-14H2,1-3H3. The number of hydrogen-bond acceptors (Lipinski definition) is 7. The summed E-state index contributed by atoms with van der Waals surface area (Å²) in [7, 11) is 2.03. The van der Waals surface area contributed by atoms with Crippen LogP contribution in [0.1, 0.15) is 39.5 Å². The van der Waals surface area contributed by atoms with Gasteiger partial charge in [-0.15, -0.1) is 10.2 Å². The number of para-hydroxylation sites is 1. The van der Waals surface area contributed by atoms with Crippen LogP contribution in [0.25, 0.3) is 28.1 Å². The summed E-state index contributed by atoms with van der Waals surface area (Å²) < 4.78 is 7.64. The van der Waals surface area contributed by atoms with E-state index in [-0.39, 0.29) is 0 Å². The molecule has 0 atom stereocenters. The first-order valence-electron chi connectivity index (χ1n) is 11.7. The van der Waals surface area contributed by atoms with Crippen LogP contribution in [0.4, 0.5) is 11.4 Å². The SMILES string of the molecule is CN1CCOc2c1cnn1c(-c3ccc4cccc(NC5CCC(C)(C)CC5)c4n3)nnc21. The lowest BCUT2D eigenvalue weighted by molar-refractivity contribution is 0.232. The summed E-state index contributed by atoms with van der Waals surface area (Å²) in [6, 6.07) is 10.9. The van der Waals surface area contributed by atoms with Crippen molar-refractivity contribution >= 4 is 27.9 Å². The highest BCUT2D eigenvalue weighted by Crippen LogP contribution is 2.37. The van der Waals surface area contributed by atoms with Gasteiger partial charge in [0.05, 0.1) is 23.9 Å². The van der Waals surface area contributed by atoms with Crippen molar-refractivity contribution in [3.8, 4) is 17.3 Å². The number of likely N-dealkylation sites (N-methyl/N-ethyl adjacent to an activating group) is 1. The Labute approximate surface area is 193 Å². The van der Waals surface area contributed by atoms with Gasteiger partial charge in [-0.1, -0.05) is 32.0 Å². The Morgan fingerprint density at radius 2 is 1.94 bits per heavy atom. The minimum Gasteiger partial charge on any atom is -0.486 e. The normalized spacial score (nSPS) is 18.3. The Hall–Kier alpha value is -3.42. The van der Waals surface area contributed by atoms with Gasteiger partial charge in [-0.3, -0.25) is 0 Å². The summed E-state index contributed by atoms with van der Waals surface area (Å²) in [5.41, 5.74) is 4.76. The summed E-state index contributed by atoms with van der Waals surface area (Å²) in [5, 5.41) is 18.3. The molecule has 1 aliphatic carbocycles. The first-order chi connectivity index (χ1) is 16.0. The molecule has 1 fully saturated rings. The smallest absolute Gasteiger partial charge is 0.222 e. The summed E-state index contributed by atoms with van der Waals surface area (Å²) >= 11 is 0. The topological polar surface area (TPSA) is 80.5 Å². The number of nitrogens with one attached hydrogen (secondary N) is 1. The molecule has 3 aromatic heterocycles. The second kappa shape index (κ2) is 7.57. The summed E-state index contributed by atoms with van der Waals surface area (Å²) in [6.07, 6.45) is 6.66. The first kappa shape index (κ1) is 20.2. The van der Waals surface area contributed by atoms with E-state index in [2.05, 4.69) is 63.6 Å². The van der Waals surface area contributed by atoms with Crippen LogP contribution in [-0.2, 0) is 0 Å². The molecule has 6 rings (SSSR count). The van der Waals surface area contributed by atoms with Crippen LogP contribution in [-0.4, -0.2) is 51.0 Å². The minimum absolute atomic E-state index is 0.446. The Morgan fingerprint density at radius 3 is 2.79 bits per heavy atom. The van der Waals surface area contributed by atoms with E-state index >= 15 is 0 Å². The van der Waals surface area contributed by atoms with Gasteiger partial charge in [-0.05, 0) is 43.2 Å². The van der Waals surface area contributed by atoms with Gasteiger partial charge >= 0.3 is 0 Å². The quantitative estimate of drug-likeness (QED) is 0.497. The number of ether oxygens (including phenoxy) is 1. The van der Waals surface area contributed by atoms with Crippen molar-refractivity contribution in [1.29, 1.82) is 0 Å². The van der Waals surface area contributed by atoms with Crippen molar-refractivity contribution in [2.75, 3.05) is 30.4 Å². The number of nitrogens with zero attached hydrogens (tertiary/aromatic N) is 6. The van der Waals surface area contributed by atoms with Crippen molar-refractivity contribution in [3.05, 3.63) is 36.5 Å². The zero-order chi connectivity index (χ0) is 22.6. The fourth-order valence-electron chi connectivity index (χ4n) is 4.94. The zero-order valence-corrected chi connectivity index (χ0v) is 19.4. The van der Waals surface area contributed by atoms with Crippen LogP contribution in [0.15, 0.2) is 36.5 Å². The zero-order valence-electron chi connectivity index (χ0n) is 19.4. The van der Waals surface area contributed by atoms with Crippen molar-refractivity contribution in [3.63, 3.8) is 0 Å². The molecule has 8 nitrogen and oxygen atoms in total. The van der Waals surface area contributed by atoms with E-state index in [0.717, 1.165) is 40.3 Å². The Bertz CT molecular complexity index is 1340. The average Bonchev–Trinajstić information content (AvgIpc) is 3.25. The Kier molecular flexibility index (Phi) is 4.64. The van der Waals surface area contributed by atoms with E-state index in [1.807, 2.05) is 19.3 Å². The van der Waals surface area contributed by atoms with E-state index < -0.39 is 0 Å².